The van der Waals surface area contributed by atoms with Crippen molar-refractivity contribution in [1.82, 2.24) is 15.6 Å². The van der Waals surface area contributed by atoms with Gasteiger partial charge in [-0.2, -0.15) is 5.26 Å². The zero-order valence-corrected chi connectivity index (χ0v) is 13.8. The minimum atomic E-state index is -0.230. The highest BCUT2D eigenvalue weighted by molar-refractivity contribution is 5.74. The van der Waals surface area contributed by atoms with E-state index >= 15 is 0 Å². The van der Waals surface area contributed by atoms with E-state index in [1.54, 1.807) is 18.3 Å². The lowest BCUT2D eigenvalue weighted by molar-refractivity contribution is 0.238. The van der Waals surface area contributed by atoms with Gasteiger partial charge in [0, 0.05) is 19.3 Å². The summed E-state index contributed by atoms with van der Waals surface area (Å²) in [5, 5.41) is 17.7. The van der Waals surface area contributed by atoms with Crippen molar-refractivity contribution < 1.29 is 4.79 Å². The van der Waals surface area contributed by atoms with Crippen LogP contribution < -0.4 is 16.0 Å². The van der Waals surface area contributed by atoms with Crippen molar-refractivity contribution in [2.24, 2.45) is 0 Å². The number of carbonyl (C=O) groups is 1. The molecule has 2 rings (SSSR count). The Morgan fingerprint density at radius 2 is 2.00 bits per heavy atom. The average Bonchev–Trinajstić information content (AvgIpc) is 2.59. The molecule has 1 aromatic carbocycles. The Balaban J connectivity index is 1.73. The maximum Gasteiger partial charge on any atom is 0.315 e. The lowest BCUT2D eigenvalue weighted by atomic mass is 10.1. The summed E-state index contributed by atoms with van der Waals surface area (Å²) in [6.07, 6.45) is 1.62. The van der Waals surface area contributed by atoms with Crippen LogP contribution in [0.15, 0.2) is 42.6 Å². The second kappa shape index (κ2) is 8.53. The van der Waals surface area contributed by atoms with Crippen LogP contribution in [0, 0.1) is 18.3 Å². The quantitative estimate of drug-likeness (QED) is 0.713. The fraction of sp³-hybridized carbons (Fsp3) is 0.278. The Morgan fingerprint density at radius 1 is 1.25 bits per heavy atom. The fourth-order valence-electron chi connectivity index (χ4n) is 2.18. The van der Waals surface area contributed by atoms with E-state index in [1.165, 1.54) is 5.56 Å². The Morgan fingerprint density at radius 3 is 2.71 bits per heavy atom. The molecule has 2 aromatic rings. The first-order valence-corrected chi connectivity index (χ1v) is 7.80. The van der Waals surface area contributed by atoms with Crippen LogP contribution in [-0.2, 0) is 0 Å². The van der Waals surface area contributed by atoms with E-state index < -0.39 is 0 Å². The maximum atomic E-state index is 11.9. The number of rotatable bonds is 6. The number of amides is 2. The molecule has 0 fully saturated rings. The third-order valence-electron chi connectivity index (χ3n) is 3.56. The van der Waals surface area contributed by atoms with Gasteiger partial charge in [0.15, 0.2) is 0 Å². The summed E-state index contributed by atoms with van der Waals surface area (Å²) in [5.41, 5.74) is 2.73. The van der Waals surface area contributed by atoms with Gasteiger partial charge in [-0.1, -0.05) is 29.8 Å². The summed E-state index contributed by atoms with van der Waals surface area (Å²) in [4.78, 5) is 16.0. The van der Waals surface area contributed by atoms with E-state index in [-0.39, 0.29) is 12.1 Å². The highest BCUT2D eigenvalue weighted by Crippen LogP contribution is 2.12. The summed E-state index contributed by atoms with van der Waals surface area (Å²) in [7, 11) is 0. The number of hydrogen-bond acceptors (Lipinski definition) is 4. The molecule has 0 saturated carbocycles. The van der Waals surface area contributed by atoms with Crippen molar-refractivity contribution in [3.05, 3.63) is 59.3 Å². The monoisotopic (exact) mass is 323 g/mol. The van der Waals surface area contributed by atoms with Crippen LogP contribution in [0.25, 0.3) is 0 Å². The van der Waals surface area contributed by atoms with Crippen LogP contribution in [-0.4, -0.2) is 24.1 Å². The molecule has 3 N–H and O–H groups in total. The average molecular weight is 323 g/mol. The van der Waals surface area contributed by atoms with E-state index in [0.29, 0.717) is 24.5 Å². The van der Waals surface area contributed by atoms with E-state index in [4.69, 9.17) is 5.26 Å². The van der Waals surface area contributed by atoms with Crippen molar-refractivity contribution in [3.8, 4) is 6.07 Å². The van der Waals surface area contributed by atoms with Crippen molar-refractivity contribution in [3.63, 3.8) is 0 Å². The number of benzene rings is 1. The Kier molecular flexibility index (Phi) is 6.15. The molecule has 0 radical (unpaired) electrons. The van der Waals surface area contributed by atoms with Gasteiger partial charge in [-0.3, -0.25) is 0 Å². The summed E-state index contributed by atoms with van der Waals surface area (Å²) in [6.45, 7) is 4.88. The Labute approximate surface area is 141 Å². The number of carbonyl (C=O) groups excluding carboxylic acids is 1. The fourth-order valence-corrected chi connectivity index (χ4v) is 2.18. The van der Waals surface area contributed by atoms with E-state index in [9.17, 15) is 4.79 Å². The van der Waals surface area contributed by atoms with E-state index in [2.05, 4.69) is 27.0 Å². The van der Waals surface area contributed by atoms with Gasteiger partial charge in [-0.15, -0.1) is 0 Å². The Bertz CT molecular complexity index is 721. The molecule has 6 heteroatoms. The van der Waals surface area contributed by atoms with E-state index in [0.717, 1.165) is 5.56 Å². The molecule has 1 heterocycles. The molecule has 124 valence electrons. The number of pyridine rings is 1. The molecule has 0 unspecified atom stereocenters. The van der Waals surface area contributed by atoms with Gasteiger partial charge >= 0.3 is 6.03 Å². The summed E-state index contributed by atoms with van der Waals surface area (Å²) < 4.78 is 0. The topological polar surface area (TPSA) is 89.8 Å². The van der Waals surface area contributed by atoms with Crippen LogP contribution >= 0.6 is 0 Å². The lowest BCUT2D eigenvalue weighted by Gasteiger charge is -2.15. The van der Waals surface area contributed by atoms with Crippen molar-refractivity contribution in [2.75, 3.05) is 18.4 Å². The molecule has 24 heavy (non-hydrogen) atoms. The van der Waals surface area contributed by atoms with Crippen molar-refractivity contribution in [2.45, 2.75) is 19.9 Å². The maximum absolute atomic E-state index is 11.9. The number of aryl methyl sites for hydroxylation is 1. The SMILES string of the molecule is Cc1ccc([C@@H](C)NC(=O)NCCNc2ncccc2C#N)cc1. The Hall–Kier alpha value is -3.07. The third-order valence-corrected chi connectivity index (χ3v) is 3.56. The summed E-state index contributed by atoms with van der Waals surface area (Å²) in [5.74, 6) is 0.523. The van der Waals surface area contributed by atoms with E-state index in [1.807, 2.05) is 38.1 Å². The minimum Gasteiger partial charge on any atom is -0.367 e. The second-order valence-electron chi connectivity index (χ2n) is 5.47. The predicted molar refractivity (Wildman–Crippen MR) is 93.6 cm³/mol. The molecule has 2 amide bonds. The zero-order valence-electron chi connectivity index (χ0n) is 13.8. The minimum absolute atomic E-state index is 0.0699. The van der Waals surface area contributed by atoms with Gasteiger partial charge in [0.1, 0.15) is 11.9 Å². The van der Waals surface area contributed by atoms with Crippen LogP contribution in [0.2, 0.25) is 0 Å². The highest BCUT2D eigenvalue weighted by Gasteiger charge is 2.08. The van der Waals surface area contributed by atoms with Crippen LogP contribution in [0.4, 0.5) is 10.6 Å². The molecule has 0 spiro atoms. The molecule has 0 bridgehead atoms. The number of urea groups is 1. The van der Waals surface area contributed by atoms with Gasteiger partial charge < -0.3 is 16.0 Å². The van der Waals surface area contributed by atoms with Gasteiger partial charge in [0.2, 0.25) is 0 Å². The highest BCUT2D eigenvalue weighted by atomic mass is 16.2. The summed E-state index contributed by atoms with van der Waals surface area (Å²) in [6, 6.07) is 13.2. The largest absolute Gasteiger partial charge is 0.367 e. The molecule has 1 atom stereocenters. The lowest BCUT2D eigenvalue weighted by Crippen LogP contribution is -2.39. The second-order valence-corrected chi connectivity index (χ2v) is 5.47. The number of nitrogens with one attached hydrogen (secondary N) is 3. The number of anilines is 1. The third kappa shape index (κ3) is 4.99. The molecule has 0 aliphatic carbocycles. The number of aromatic nitrogens is 1. The standard InChI is InChI=1S/C18H21N5O/c1-13-5-7-15(8-6-13)14(2)23-18(24)22-11-10-21-17-16(12-19)4-3-9-20-17/h3-9,14H,10-11H2,1-2H3,(H,20,21)(H2,22,23,24)/t14-/m1/s1. The zero-order chi connectivity index (χ0) is 17.4. The smallest absolute Gasteiger partial charge is 0.315 e. The summed E-state index contributed by atoms with van der Waals surface area (Å²) >= 11 is 0. The number of nitrogens with zero attached hydrogens (tertiary/aromatic N) is 2. The molecular weight excluding hydrogens is 302 g/mol. The van der Waals surface area contributed by atoms with Crippen molar-refractivity contribution >= 4 is 11.8 Å². The van der Waals surface area contributed by atoms with Crippen LogP contribution in [0.5, 0.6) is 0 Å². The molecular formula is C18H21N5O. The first-order chi connectivity index (χ1) is 11.6. The van der Waals surface area contributed by atoms with Gasteiger partial charge in [0.25, 0.3) is 0 Å². The van der Waals surface area contributed by atoms with Gasteiger partial charge in [-0.05, 0) is 31.5 Å². The first-order valence-electron chi connectivity index (χ1n) is 7.80. The number of nitriles is 1. The first kappa shape index (κ1) is 17.3. The molecule has 6 nitrogen and oxygen atoms in total. The number of hydrogen-bond donors (Lipinski definition) is 3. The molecule has 0 aliphatic heterocycles. The van der Waals surface area contributed by atoms with Crippen molar-refractivity contribution in [1.29, 1.82) is 5.26 Å². The normalized spacial score (nSPS) is 11.2. The molecule has 1 aromatic heterocycles. The van der Waals surface area contributed by atoms with Crippen LogP contribution in [0.3, 0.4) is 0 Å². The van der Waals surface area contributed by atoms with Gasteiger partial charge in [-0.25, -0.2) is 9.78 Å². The predicted octanol–water partition coefficient (Wildman–Crippen LogP) is 2.73. The van der Waals surface area contributed by atoms with Crippen LogP contribution in [0.1, 0.15) is 29.7 Å². The molecule has 0 aliphatic rings. The van der Waals surface area contributed by atoms with Gasteiger partial charge in [0.05, 0.1) is 11.6 Å². The molecule has 0 saturated heterocycles.